The van der Waals surface area contributed by atoms with E-state index < -0.39 is 5.60 Å². The molecule has 21 heavy (non-hydrogen) atoms. The van der Waals surface area contributed by atoms with E-state index in [1.807, 2.05) is 4.68 Å². The molecule has 0 saturated heterocycles. The normalized spacial score (nSPS) is 23.9. The lowest BCUT2D eigenvalue weighted by Crippen LogP contribution is -2.38. The molecular weight excluding hydrogens is 264 g/mol. The highest BCUT2D eigenvalue weighted by molar-refractivity contribution is 5.32. The molecule has 2 aliphatic rings. The summed E-state index contributed by atoms with van der Waals surface area (Å²) in [5, 5.41) is 15.7. The summed E-state index contributed by atoms with van der Waals surface area (Å²) < 4.78 is 7.40. The highest BCUT2D eigenvalue weighted by atomic mass is 16.5. The van der Waals surface area contributed by atoms with Gasteiger partial charge in [-0.25, -0.2) is 0 Å². The van der Waals surface area contributed by atoms with Crippen LogP contribution in [-0.2, 0) is 5.60 Å². The minimum Gasteiger partial charge on any atom is -0.493 e. The van der Waals surface area contributed by atoms with Crippen molar-refractivity contribution in [3.05, 3.63) is 11.9 Å². The first-order valence-electron chi connectivity index (χ1n) is 8.34. The molecule has 4 nitrogen and oxygen atoms in total. The third kappa shape index (κ3) is 2.48. The SMILES string of the molecule is COc1cnn(C(C)C)c1C1(O)CCC2(CCCC2)CC1. The summed E-state index contributed by atoms with van der Waals surface area (Å²) in [6, 6.07) is 0.232. The van der Waals surface area contributed by atoms with Gasteiger partial charge in [0.15, 0.2) is 5.75 Å². The molecule has 0 aromatic carbocycles. The zero-order chi connectivity index (χ0) is 15.1. The van der Waals surface area contributed by atoms with Gasteiger partial charge in [0, 0.05) is 6.04 Å². The third-order valence-electron chi connectivity index (χ3n) is 5.71. The van der Waals surface area contributed by atoms with Crippen LogP contribution in [0, 0.1) is 5.41 Å². The van der Waals surface area contributed by atoms with Gasteiger partial charge in [-0.05, 0) is 57.8 Å². The van der Waals surface area contributed by atoms with Crippen molar-refractivity contribution < 1.29 is 9.84 Å². The fraction of sp³-hybridized carbons (Fsp3) is 0.824. The predicted octanol–water partition coefficient (Wildman–Crippen LogP) is 3.79. The highest BCUT2D eigenvalue weighted by Gasteiger charge is 2.46. The van der Waals surface area contributed by atoms with E-state index in [9.17, 15) is 5.11 Å². The summed E-state index contributed by atoms with van der Waals surface area (Å²) in [6.45, 7) is 4.20. The topological polar surface area (TPSA) is 47.3 Å². The van der Waals surface area contributed by atoms with Crippen molar-refractivity contribution >= 4 is 0 Å². The van der Waals surface area contributed by atoms with E-state index in [-0.39, 0.29) is 6.04 Å². The first-order chi connectivity index (χ1) is 10.00. The Bertz CT molecular complexity index is 491. The molecule has 1 aromatic heterocycles. The molecule has 0 unspecified atom stereocenters. The van der Waals surface area contributed by atoms with Gasteiger partial charge in [0.25, 0.3) is 0 Å². The smallest absolute Gasteiger partial charge is 0.162 e. The summed E-state index contributed by atoms with van der Waals surface area (Å²) in [6.07, 6.45) is 11.1. The number of methoxy groups -OCH3 is 1. The lowest BCUT2D eigenvalue weighted by molar-refractivity contribution is -0.0461. The minimum absolute atomic E-state index is 0.232. The second-order valence-corrected chi connectivity index (χ2v) is 7.34. The molecule has 1 spiro atoms. The molecule has 1 N–H and O–H groups in total. The molecule has 4 heteroatoms. The molecule has 2 aliphatic carbocycles. The van der Waals surface area contributed by atoms with Crippen molar-refractivity contribution in [1.29, 1.82) is 0 Å². The second kappa shape index (κ2) is 5.31. The summed E-state index contributed by atoms with van der Waals surface area (Å²) in [7, 11) is 1.66. The molecular formula is C17H28N2O2. The van der Waals surface area contributed by atoms with E-state index in [2.05, 4.69) is 18.9 Å². The molecule has 2 fully saturated rings. The zero-order valence-electron chi connectivity index (χ0n) is 13.6. The average Bonchev–Trinajstić information content (AvgIpc) is 3.10. The Balaban J connectivity index is 1.88. The van der Waals surface area contributed by atoms with E-state index in [0.717, 1.165) is 37.1 Å². The van der Waals surface area contributed by atoms with Gasteiger partial charge in [-0.1, -0.05) is 12.8 Å². The van der Waals surface area contributed by atoms with E-state index in [1.165, 1.54) is 25.7 Å². The molecule has 0 aliphatic heterocycles. The van der Waals surface area contributed by atoms with Gasteiger partial charge in [0.05, 0.1) is 13.3 Å². The van der Waals surface area contributed by atoms with Crippen LogP contribution in [0.5, 0.6) is 5.75 Å². The van der Waals surface area contributed by atoms with Crippen molar-refractivity contribution in [2.75, 3.05) is 7.11 Å². The zero-order valence-corrected chi connectivity index (χ0v) is 13.6. The first kappa shape index (κ1) is 14.9. The van der Waals surface area contributed by atoms with Crippen molar-refractivity contribution in [3.8, 4) is 5.75 Å². The lowest BCUT2D eigenvalue weighted by Gasteiger charge is -2.42. The summed E-state index contributed by atoms with van der Waals surface area (Å²) >= 11 is 0. The Kier molecular flexibility index (Phi) is 3.76. The quantitative estimate of drug-likeness (QED) is 0.922. The van der Waals surface area contributed by atoms with Crippen LogP contribution in [-0.4, -0.2) is 22.0 Å². The Morgan fingerprint density at radius 2 is 1.76 bits per heavy atom. The largest absolute Gasteiger partial charge is 0.493 e. The van der Waals surface area contributed by atoms with Crippen LogP contribution >= 0.6 is 0 Å². The monoisotopic (exact) mass is 292 g/mol. The summed E-state index contributed by atoms with van der Waals surface area (Å²) in [5.74, 6) is 0.730. The molecule has 1 heterocycles. The van der Waals surface area contributed by atoms with Crippen molar-refractivity contribution in [3.63, 3.8) is 0 Å². The molecule has 0 radical (unpaired) electrons. The fourth-order valence-electron chi connectivity index (χ4n) is 4.39. The van der Waals surface area contributed by atoms with Gasteiger partial charge in [0.2, 0.25) is 0 Å². The number of ether oxygens (including phenoxy) is 1. The van der Waals surface area contributed by atoms with Crippen molar-refractivity contribution in [2.24, 2.45) is 5.41 Å². The maximum atomic E-state index is 11.3. The van der Waals surface area contributed by atoms with Gasteiger partial charge >= 0.3 is 0 Å². The van der Waals surface area contributed by atoms with Gasteiger partial charge in [-0.3, -0.25) is 4.68 Å². The van der Waals surface area contributed by atoms with Crippen LogP contribution < -0.4 is 4.74 Å². The standard InChI is InChI=1S/C17H28N2O2/c1-13(2)19-15(14(21-3)12-18-19)17(20)10-8-16(9-11-17)6-4-5-7-16/h12-13,20H,4-11H2,1-3H3. The number of hydrogen-bond acceptors (Lipinski definition) is 3. The Morgan fingerprint density at radius 3 is 2.29 bits per heavy atom. The van der Waals surface area contributed by atoms with E-state index in [0.29, 0.717) is 5.41 Å². The fourth-order valence-corrected chi connectivity index (χ4v) is 4.39. The Morgan fingerprint density at radius 1 is 1.14 bits per heavy atom. The number of nitrogens with zero attached hydrogens (tertiary/aromatic N) is 2. The molecule has 3 rings (SSSR count). The van der Waals surface area contributed by atoms with E-state index >= 15 is 0 Å². The van der Waals surface area contributed by atoms with E-state index in [1.54, 1.807) is 13.3 Å². The molecule has 0 amide bonds. The molecule has 118 valence electrons. The van der Waals surface area contributed by atoms with Gasteiger partial charge in [-0.2, -0.15) is 5.10 Å². The Hall–Kier alpha value is -1.03. The van der Waals surface area contributed by atoms with Crippen molar-refractivity contribution in [2.45, 2.75) is 76.9 Å². The number of hydrogen-bond donors (Lipinski definition) is 1. The molecule has 1 aromatic rings. The highest BCUT2D eigenvalue weighted by Crippen LogP contribution is 2.54. The van der Waals surface area contributed by atoms with Gasteiger partial charge in [0.1, 0.15) is 11.3 Å². The average molecular weight is 292 g/mol. The van der Waals surface area contributed by atoms with Gasteiger partial charge in [-0.15, -0.1) is 0 Å². The van der Waals surface area contributed by atoms with Crippen molar-refractivity contribution in [1.82, 2.24) is 9.78 Å². The number of rotatable bonds is 3. The second-order valence-electron chi connectivity index (χ2n) is 7.34. The molecule has 0 atom stereocenters. The van der Waals surface area contributed by atoms with Crippen LogP contribution in [0.2, 0.25) is 0 Å². The minimum atomic E-state index is -0.778. The van der Waals surface area contributed by atoms with Crippen LogP contribution in [0.4, 0.5) is 0 Å². The van der Waals surface area contributed by atoms with Crippen LogP contribution in [0.1, 0.15) is 76.9 Å². The number of aliphatic hydroxyl groups is 1. The first-order valence-corrected chi connectivity index (χ1v) is 8.34. The summed E-state index contributed by atoms with van der Waals surface area (Å²) in [5.41, 5.74) is 0.620. The molecule has 2 saturated carbocycles. The van der Waals surface area contributed by atoms with Crippen LogP contribution in [0.25, 0.3) is 0 Å². The van der Waals surface area contributed by atoms with Crippen LogP contribution in [0.3, 0.4) is 0 Å². The maximum absolute atomic E-state index is 11.3. The summed E-state index contributed by atoms with van der Waals surface area (Å²) in [4.78, 5) is 0. The lowest BCUT2D eigenvalue weighted by atomic mass is 9.67. The molecule has 0 bridgehead atoms. The maximum Gasteiger partial charge on any atom is 0.162 e. The Labute approximate surface area is 127 Å². The van der Waals surface area contributed by atoms with Gasteiger partial charge < -0.3 is 9.84 Å². The van der Waals surface area contributed by atoms with Crippen LogP contribution in [0.15, 0.2) is 6.20 Å². The number of aromatic nitrogens is 2. The van der Waals surface area contributed by atoms with E-state index in [4.69, 9.17) is 4.74 Å². The predicted molar refractivity (Wildman–Crippen MR) is 82.4 cm³/mol. The third-order valence-corrected chi connectivity index (χ3v) is 5.71.